The molecular formula is C20H20N2O2. The lowest BCUT2D eigenvalue weighted by molar-refractivity contribution is 0.0787. The lowest BCUT2D eigenvalue weighted by Crippen LogP contribution is -2.28. The number of H-pyrrole nitrogens is 1. The largest absolute Gasteiger partial charge is 0.496 e. The number of nitrogens with one attached hydrogen (secondary N) is 1. The molecule has 1 atom stereocenters. The zero-order valence-electron chi connectivity index (χ0n) is 13.7. The van der Waals surface area contributed by atoms with E-state index in [1.165, 1.54) is 11.1 Å². The Bertz CT molecular complexity index is 851. The number of fused-ring (bicyclic) bond motifs is 1. The molecule has 122 valence electrons. The van der Waals surface area contributed by atoms with Crippen LogP contribution in [0.1, 0.15) is 28.4 Å². The predicted octanol–water partition coefficient (Wildman–Crippen LogP) is 3.81. The van der Waals surface area contributed by atoms with Crippen molar-refractivity contribution in [1.29, 1.82) is 0 Å². The molecule has 0 saturated carbocycles. The average molecular weight is 320 g/mol. The van der Waals surface area contributed by atoms with Crippen LogP contribution in [0.2, 0.25) is 0 Å². The fourth-order valence-electron chi connectivity index (χ4n) is 3.51. The molecule has 2 heterocycles. The number of ether oxygens (including phenoxy) is 1. The minimum absolute atomic E-state index is 0.0473. The van der Waals surface area contributed by atoms with Crippen molar-refractivity contribution in [1.82, 2.24) is 9.88 Å². The minimum atomic E-state index is 0.0473. The van der Waals surface area contributed by atoms with Gasteiger partial charge in [-0.2, -0.15) is 0 Å². The van der Waals surface area contributed by atoms with E-state index in [4.69, 9.17) is 4.74 Å². The highest BCUT2D eigenvalue weighted by atomic mass is 16.5. The molecule has 1 amide bonds. The number of amides is 1. The second-order valence-electron chi connectivity index (χ2n) is 6.25. The summed E-state index contributed by atoms with van der Waals surface area (Å²) in [5.41, 5.74) is 3.01. The van der Waals surface area contributed by atoms with Crippen molar-refractivity contribution >= 4 is 16.8 Å². The fraction of sp³-hybridized carbons (Fsp3) is 0.250. The third-order valence-electron chi connectivity index (χ3n) is 4.80. The molecule has 1 unspecified atom stereocenters. The molecule has 3 aromatic rings. The highest BCUT2D eigenvalue weighted by Gasteiger charge is 2.30. The zero-order valence-corrected chi connectivity index (χ0v) is 13.7. The van der Waals surface area contributed by atoms with Crippen molar-refractivity contribution in [2.75, 3.05) is 20.2 Å². The first kappa shape index (κ1) is 14.8. The number of para-hydroxylation sites is 2. The summed E-state index contributed by atoms with van der Waals surface area (Å²) in [5.74, 6) is 1.04. The van der Waals surface area contributed by atoms with Gasteiger partial charge in [0.05, 0.1) is 12.7 Å². The van der Waals surface area contributed by atoms with E-state index < -0.39 is 0 Å². The molecule has 0 bridgehead atoms. The molecule has 4 heteroatoms. The Kier molecular flexibility index (Phi) is 3.73. The Hall–Kier alpha value is -2.75. The smallest absolute Gasteiger partial charge is 0.257 e. The van der Waals surface area contributed by atoms with Gasteiger partial charge in [-0.1, -0.05) is 30.3 Å². The quantitative estimate of drug-likeness (QED) is 0.797. The first-order chi connectivity index (χ1) is 11.8. The number of rotatable bonds is 3. The Morgan fingerprint density at radius 1 is 1.17 bits per heavy atom. The Balaban J connectivity index is 1.54. The lowest BCUT2D eigenvalue weighted by atomic mass is 10.1. The number of aromatic amines is 1. The first-order valence-corrected chi connectivity index (χ1v) is 8.26. The van der Waals surface area contributed by atoms with Gasteiger partial charge in [0.1, 0.15) is 5.75 Å². The van der Waals surface area contributed by atoms with Crippen LogP contribution in [0.15, 0.2) is 54.6 Å². The van der Waals surface area contributed by atoms with Crippen LogP contribution in [-0.2, 0) is 0 Å². The molecule has 1 aliphatic heterocycles. The van der Waals surface area contributed by atoms with Crippen LogP contribution in [0.25, 0.3) is 10.9 Å². The highest BCUT2D eigenvalue weighted by Crippen LogP contribution is 2.31. The van der Waals surface area contributed by atoms with Crippen molar-refractivity contribution in [2.45, 2.75) is 12.3 Å². The van der Waals surface area contributed by atoms with Crippen LogP contribution in [0.3, 0.4) is 0 Å². The molecule has 1 aliphatic rings. The van der Waals surface area contributed by atoms with Gasteiger partial charge < -0.3 is 14.6 Å². The summed E-state index contributed by atoms with van der Waals surface area (Å²) >= 11 is 0. The van der Waals surface area contributed by atoms with Gasteiger partial charge in [0.25, 0.3) is 5.91 Å². The van der Waals surface area contributed by atoms with Crippen LogP contribution in [0.5, 0.6) is 5.75 Å². The number of benzene rings is 2. The molecule has 1 saturated heterocycles. The summed E-state index contributed by atoms with van der Waals surface area (Å²) in [6.45, 7) is 1.51. The van der Waals surface area contributed by atoms with Gasteiger partial charge in [0.2, 0.25) is 0 Å². The highest BCUT2D eigenvalue weighted by molar-refractivity contribution is 5.97. The number of methoxy groups -OCH3 is 1. The Labute approximate surface area is 141 Å². The predicted molar refractivity (Wildman–Crippen MR) is 94.6 cm³/mol. The number of carbonyl (C=O) groups is 1. The number of aromatic nitrogens is 1. The summed E-state index contributed by atoms with van der Waals surface area (Å²) in [6.07, 6.45) is 0.980. The van der Waals surface area contributed by atoms with Gasteiger partial charge in [-0.05, 0) is 36.1 Å². The van der Waals surface area contributed by atoms with Gasteiger partial charge >= 0.3 is 0 Å². The van der Waals surface area contributed by atoms with Crippen molar-refractivity contribution in [2.24, 2.45) is 0 Å². The minimum Gasteiger partial charge on any atom is -0.496 e. The van der Waals surface area contributed by atoms with Gasteiger partial charge in [-0.25, -0.2) is 0 Å². The second-order valence-corrected chi connectivity index (χ2v) is 6.25. The van der Waals surface area contributed by atoms with Crippen molar-refractivity contribution in [3.8, 4) is 5.75 Å². The Morgan fingerprint density at radius 2 is 1.96 bits per heavy atom. The third kappa shape index (κ3) is 2.54. The third-order valence-corrected chi connectivity index (χ3v) is 4.80. The number of carbonyl (C=O) groups excluding carboxylic acids is 1. The lowest BCUT2D eigenvalue weighted by Gasteiger charge is -2.18. The summed E-state index contributed by atoms with van der Waals surface area (Å²) in [5, 5.41) is 1.22. The van der Waals surface area contributed by atoms with Crippen LogP contribution in [0, 0.1) is 0 Å². The summed E-state index contributed by atoms with van der Waals surface area (Å²) < 4.78 is 5.32. The fourth-order valence-corrected chi connectivity index (χ4v) is 3.51. The molecule has 4 rings (SSSR count). The van der Waals surface area contributed by atoms with Gasteiger partial charge in [0.15, 0.2) is 0 Å². The topological polar surface area (TPSA) is 45.3 Å². The molecule has 4 nitrogen and oxygen atoms in total. The average Bonchev–Trinajstić information content (AvgIpc) is 3.27. The van der Waals surface area contributed by atoms with E-state index in [0.717, 1.165) is 25.0 Å². The van der Waals surface area contributed by atoms with Crippen molar-refractivity contribution < 1.29 is 9.53 Å². The number of hydrogen-bond acceptors (Lipinski definition) is 2. The monoisotopic (exact) mass is 320 g/mol. The molecule has 2 aromatic carbocycles. The summed E-state index contributed by atoms with van der Waals surface area (Å²) in [6, 6.07) is 17.9. The van der Waals surface area contributed by atoms with Crippen LogP contribution >= 0.6 is 0 Å². The summed E-state index contributed by atoms with van der Waals surface area (Å²) in [4.78, 5) is 18.2. The molecule has 0 spiro atoms. The van der Waals surface area contributed by atoms with Crippen LogP contribution in [-0.4, -0.2) is 36.0 Å². The maximum atomic E-state index is 12.8. The number of nitrogens with zero attached hydrogens (tertiary/aromatic N) is 1. The van der Waals surface area contributed by atoms with Crippen LogP contribution in [0.4, 0.5) is 0 Å². The maximum Gasteiger partial charge on any atom is 0.257 e. The van der Waals surface area contributed by atoms with Gasteiger partial charge in [0, 0.05) is 30.2 Å². The molecule has 1 N–H and O–H groups in total. The summed E-state index contributed by atoms with van der Waals surface area (Å²) in [7, 11) is 1.60. The van der Waals surface area contributed by atoms with Gasteiger partial charge in [-0.15, -0.1) is 0 Å². The van der Waals surface area contributed by atoms with E-state index in [1.54, 1.807) is 7.11 Å². The normalized spacial score (nSPS) is 17.4. The standard InChI is InChI=1S/C20H20N2O2/c1-24-19-9-5-3-7-16(19)20(23)22-11-10-15(13-22)18-12-14-6-2-4-8-17(14)21-18/h2-9,12,15,21H,10-11,13H2,1H3. The molecule has 0 radical (unpaired) electrons. The maximum absolute atomic E-state index is 12.8. The Morgan fingerprint density at radius 3 is 2.79 bits per heavy atom. The molecule has 0 aliphatic carbocycles. The number of hydrogen-bond donors (Lipinski definition) is 1. The number of likely N-dealkylation sites (tertiary alicyclic amines) is 1. The van der Waals surface area contributed by atoms with E-state index in [9.17, 15) is 4.79 Å². The molecular weight excluding hydrogens is 300 g/mol. The van der Waals surface area contributed by atoms with E-state index in [0.29, 0.717) is 17.2 Å². The molecule has 24 heavy (non-hydrogen) atoms. The first-order valence-electron chi connectivity index (χ1n) is 8.26. The second kappa shape index (κ2) is 6.04. The van der Waals surface area contributed by atoms with E-state index >= 15 is 0 Å². The van der Waals surface area contributed by atoms with Gasteiger partial charge in [-0.3, -0.25) is 4.79 Å². The van der Waals surface area contributed by atoms with E-state index in [-0.39, 0.29) is 5.91 Å². The van der Waals surface area contributed by atoms with E-state index in [1.807, 2.05) is 41.3 Å². The van der Waals surface area contributed by atoms with E-state index in [2.05, 4.69) is 23.2 Å². The molecule has 1 aromatic heterocycles. The van der Waals surface area contributed by atoms with Crippen molar-refractivity contribution in [3.05, 3.63) is 65.9 Å². The zero-order chi connectivity index (χ0) is 16.5. The molecule has 1 fully saturated rings. The SMILES string of the molecule is COc1ccccc1C(=O)N1CCC(c2cc3ccccc3[nH]2)C1. The van der Waals surface area contributed by atoms with Crippen molar-refractivity contribution in [3.63, 3.8) is 0 Å². The van der Waals surface area contributed by atoms with Crippen LogP contribution < -0.4 is 4.74 Å².